The zero-order valence-electron chi connectivity index (χ0n) is 9.57. The highest BCUT2D eigenvalue weighted by Gasteiger charge is 2.42. The van der Waals surface area contributed by atoms with Gasteiger partial charge in [-0.2, -0.15) is 13.2 Å². The second kappa shape index (κ2) is 6.31. The number of amides is 1. The first kappa shape index (κ1) is 15.1. The molecule has 104 valence electrons. The lowest BCUT2D eigenvalue weighted by Gasteiger charge is -2.33. The van der Waals surface area contributed by atoms with Gasteiger partial charge < -0.3 is 10.0 Å². The summed E-state index contributed by atoms with van der Waals surface area (Å²) in [6, 6.07) is 0. The Balaban J connectivity index is 2.41. The minimum absolute atomic E-state index is 0.0511. The average molecular weight is 285 g/mol. The number of rotatable bonds is 4. The van der Waals surface area contributed by atoms with Gasteiger partial charge >= 0.3 is 12.1 Å². The molecule has 1 amide bonds. The van der Waals surface area contributed by atoms with E-state index in [2.05, 4.69) is 0 Å². The van der Waals surface area contributed by atoms with Crippen LogP contribution in [0.5, 0.6) is 0 Å². The Morgan fingerprint density at radius 2 is 2.00 bits per heavy atom. The molecule has 0 bridgehead atoms. The number of halogens is 3. The van der Waals surface area contributed by atoms with Gasteiger partial charge in [0, 0.05) is 13.1 Å². The summed E-state index contributed by atoms with van der Waals surface area (Å²) in [5.74, 6) is -3.23. The molecule has 1 N–H and O–H groups in total. The first-order valence-electron chi connectivity index (χ1n) is 5.44. The third-order valence-corrected chi connectivity index (χ3v) is 3.59. The third kappa shape index (κ3) is 4.75. The van der Waals surface area contributed by atoms with Crippen LogP contribution in [-0.4, -0.2) is 52.7 Å². The number of carbonyl (C=O) groups is 2. The highest BCUT2D eigenvalue weighted by atomic mass is 32.2. The monoisotopic (exact) mass is 285 g/mol. The predicted octanol–water partition coefficient (Wildman–Crippen LogP) is 1.61. The highest BCUT2D eigenvalue weighted by Crippen LogP contribution is 2.33. The van der Waals surface area contributed by atoms with Crippen LogP contribution in [-0.2, 0) is 9.59 Å². The topological polar surface area (TPSA) is 57.6 Å². The van der Waals surface area contributed by atoms with Crippen LogP contribution in [0, 0.1) is 5.92 Å². The highest BCUT2D eigenvalue weighted by molar-refractivity contribution is 8.00. The van der Waals surface area contributed by atoms with Crippen molar-refractivity contribution in [2.24, 2.45) is 5.92 Å². The van der Waals surface area contributed by atoms with E-state index in [1.807, 2.05) is 0 Å². The van der Waals surface area contributed by atoms with Gasteiger partial charge in [0.2, 0.25) is 5.91 Å². The number of nitrogens with zero attached hydrogens (tertiary/aromatic N) is 1. The summed E-state index contributed by atoms with van der Waals surface area (Å²) in [5.41, 5.74) is 0. The Morgan fingerprint density at radius 3 is 2.56 bits per heavy atom. The molecule has 1 atom stereocenters. The largest absolute Gasteiger partial charge is 0.481 e. The Bertz CT molecular complexity index is 322. The zero-order valence-corrected chi connectivity index (χ0v) is 10.4. The predicted molar refractivity (Wildman–Crippen MR) is 60.3 cm³/mol. The van der Waals surface area contributed by atoms with Crippen molar-refractivity contribution >= 4 is 23.6 Å². The molecule has 1 rings (SSSR count). The Hall–Kier alpha value is -0.920. The molecule has 1 aliphatic rings. The van der Waals surface area contributed by atoms with E-state index in [1.54, 1.807) is 0 Å². The maximum Gasteiger partial charge on any atom is 0.393 e. The molecule has 0 saturated carbocycles. The van der Waals surface area contributed by atoms with Gasteiger partial charge in [0.25, 0.3) is 0 Å². The molecule has 8 heteroatoms. The first-order chi connectivity index (χ1) is 8.30. The average Bonchev–Trinajstić information content (AvgIpc) is 2.27. The van der Waals surface area contributed by atoms with Crippen molar-refractivity contribution in [2.75, 3.05) is 24.6 Å². The molecule has 0 aromatic heterocycles. The Labute approximate surface area is 107 Å². The number of likely N-dealkylation sites (tertiary alicyclic amines) is 1. The van der Waals surface area contributed by atoms with E-state index in [0.717, 1.165) is 11.8 Å². The number of alkyl halides is 3. The number of hydrogen-bond acceptors (Lipinski definition) is 3. The molecule has 0 radical (unpaired) electrons. The number of carbonyl (C=O) groups excluding carboxylic acids is 1. The fourth-order valence-electron chi connectivity index (χ4n) is 1.79. The van der Waals surface area contributed by atoms with Crippen molar-refractivity contribution in [2.45, 2.75) is 19.0 Å². The maximum absolute atomic E-state index is 12.5. The minimum Gasteiger partial charge on any atom is -0.481 e. The van der Waals surface area contributed by atoms with E-state index in [1.165, 1.54) is 4.90 Å². The normalized spacial score (nSPS) is 20.8. The van der Waals surface area contributed by atoms with Gasteiger partial charge in [0.1, 0.15) is 0 Å². The first-order valence-corrected chi connectivity index (χ1v) is 6.60. The van der Waals surface area contributed by atoms with Crippen molar-refractivity contribution in [1.82, 2.24) is 4.90 Å². The molecule has 1 fully saturated rings. The fraction of sp³-hybridized carbons (Fsp3) is 0.800. The molecule has 0 aromatic rings. The van der Waals surface area contributed by atoms with E-state index in [9.17, 15) is 22.8 Å². The van der Waals surface area contributed by atoms with E-state index in [4.69, 9.17) is 5.11 Å². The maximum atomic E-state index is 12.5. The van der Waals surface area contributed by atoms with Gasteiger partial charge in [0.05, 0.1) is 17.4 Å². The van der Waals surface area contributed by atoms with Crippen LogP contribution in [0.2, 0.25) is 0 Å². The number of thioether (sulfide) groups is 1. The van der Waals surface area contributed by atoms with Crippen molar-refractivity contribution < 1.29 is 27.9 Å². The zero-order chi connectivity index (χ0) is 13.8. The van der Waals surface area contributed by atoms with Gasteiger partial charge in [-0.1, -0.05) is 0 Å². The summed E-state index contributed by atoms with van der Waals surface area (Å²) < 4.78 is 37.5. The summed E-state index contributed by atoms with van der Waals surface area (Å²) >= 11 is 0.900. The summed E-state index contributed by atoms with van der Waals surface area (Å²) in [7, 11) is 0. The second-order valence-electron chi connectivity index (χ2n) is 4.11. The summed E-state index contributed by atoms with van der Waals surface area (Å²) in [5, 5.41) is 8.39. The minimum atomic E-state index is -4.27. The SMILES string of the molecule is O=C(O)CSCC(=O)N1CCCC(C(F)(F)F)C1. The molecule has 0 spiro atoms. The van der Waals surface area contributed by atoms with Crippen LogP contribution in [0.15, 0.2) is 0 Å². The number of carboxylic acid groups (broad SMARTS) is 1. The van der Waals surface area contributed by atoms with Crippen LogP contribution in [0.3, 0.4) is 0 Å². The van der Waals surface area contributed by atoms with Crippen molar-refractivity contribution in [3.8, 4) is 0 Å². The Morgan fingerprint density at radius 1 is 1.33 bits per heavy atom. The third-order valence-electron chi connectivity index (χ3n) is 2.69. The van der Waals surface area contributed by atoms with Crippen molar-refractivity contribution in [3.05, 3.63) is 0 Å². The van der Waals surface area contributed by atoms with Crippen molar-refractivity contribution in [1.29, 1.82) is 0 Å². The Kier molecular flexibility index (Phi) is 5.30. The van der Waals surface area contributed by atoms with Crippen molar-refractivity contribution in [3.63, 3.8) is 0 Å². The van der Waals surface area contributed by atoms with Crippen LogP contribution in [0.1, 0.15) is 12.8 Å². The molecule has 0 aliphatic carbocycles. The van der Waals surface area contributed by atoms with E-state index in [-0.39, 0.29) is 24.5 Å². The number of aliphatic carboxylic acids is 1. The number of piperidine rings is 1. The molecular weight excluding hydrogens is 271 g/mol. The van der Waals surface area contributed by atoms with Gasteiger partial charge in [-0.3, -0.25) is 9.59 Å². The lowest BCUT2D eigenvalue weighted by Crippen LogP contribution is -2.45. The molecular formula is C10H14F3NO3S. The molecule has 1 heterocycles. The molecule has 1 unspecified atom stereocenters. The van der Waals surface area contributed by atoms with Gasteiger partial charge in [-0.05, 0) is 12.8 Å². The van der Waals surface area contributed by atoms with E-state index >= 15 is 0 Å². The fourth-order valence-corrected chi connectivity index (χ4v) is 2.42. The smallest absolute Gasteiger partial charge is 0.393 e. The number of hydrogen-bond donors (Lipinski definition) is 1. The quantitative estimate of drug-likeness (QED) is 0.852. The number of carboxylic acids is 1. The second-order valence-corrected chi connectivity index (χ2v) is 5.09. The van der Waals surface area contributed by atoms with Crippen LogP contribution >= 0.6 is 11.8 Å². The molecule has 0 aromatic carbocycles. The van der Waals surface area contributed by atoms with E-state index < -0.39 is 24.0 Å². The summed E-state index contributed by atoms with van der Waals surface area (Å²) in [6.07, 6.45) is -3.89. The van der Waals surface area contributed by atoms with Crippen LogP contribution in [0.4, 0.5) is 13.2 Å². The molecule has 1 saturated heterocycles. The molecule has 1 aliphatic heterocycles. The standard InChI is InChI=1S/C10H14F3NO3S/c11-10(12,13)7-2-1-3-14(4-7)8(15)5-18-6-9(16)17/h7H,1-6H2,(H,16,17). The lowest BCUT2D eigenvalue weighted by molar-refractivity contribution is -0.187. The van der Waals surface area contributed by atoms with Gasteiger partial charge in [0.15, 0.2) is 0 Å². The summed E-state index contributed by atoms with van der Waals surface area (Å²) in [4.78, 5) is 23.0. The molecule has 4 nitrogen and oxygen atoms in total. The lowest BCUT2D eigenvalue weighted by atomic mass is 9.97. The van der Waals surface area contributed by atoms with Gasteiger partial charge in [-0.25, -0.2) is 0 Å². The summed E-state index contributed by atoms with van der Waals surface area (Å²) in [6.45, 7) is 0.00894. The van der Waals surface area contributed by atoms with Crippen LogP contribution in [0.25, 0.3) is 0 Å². The van der Waals surface area contributed by atoms with E-state index in [0.29, 0.717) is 13.0 Å². The van der Waals surface area contributed by atoms with Gasteiger partial charge in [-0.15, -0.1) is 11.8 Å². The molecule has 18 heavy (non-hydrogen) atoms. The van der Waals surface area contributed by atoms with Crippen LogP contribution < -0.4 is 0 Å².